The van der Waals surface area contributed by atoms with Gasteiger partial charge < -0.3 is 25.0 Å². The highest BCUT2D eigenvalue weighted by Crippen LogP contribution is 2.45. The van der Waals surface area contributed by atoms with Crippen LogP contribution in [0.4, 0.5) is 4.79 Å². The van der Waals surface area contributed by atoms with Gasteiger partial charge in [-0.15, -0.1) is 6.58 Å². The molecule has 0 spiro atoms. The second kappa shape index (κ2) is 15.0. The normalized spacial score (nSPS) is 23.8. The Morgan fingerprint density at radius 3 is 2.52 bits per heavy atom. The highest BCUT2D eigenvalue weighted by molar-refractivity contribution is 7.91. The van der Waals surface area contributed by atoms with Crippen LogP contribution in [-0.2, 0) is 29.1 Å². The minimum Gasteiger partial charge on any atom is -0.472 e. The van der Waals surface area contributed by atoms with Crippen molar-refractivity contribution in [1.82, 2.24) is 25.2 Å². The van der Waals surface area contributed by atoms with E-state index >= 15 is 0 Å². The third-order valence-corrected chi connectivity index (χ3v) is 11.4. The number of alkyl carbamates (subject to hydrolysis) is 1. The van der Waals surface area contributed by atoms with E-state index in [9.17, 15) is 27.6 Å². The molecule has 3 aliphatic rings. The van der Waals surface area contributed by atoms with Gasteiger partial charge in [-0.05, 0) is 48.6 Å². The second-order valence-electron chi connectivity index (χ2n) is 14.6. The zero-order valence-electron chi connectivity index (χ0n) is 29.3. The fourth-order valence-corrected chi connectivity index (χ4v) is 7.77. The monoisotopic (exact) mass is 711 g/mol. The van der Waals surface area contributed by atoms with Gasteiger partial charge >= 0.3 is 6.09 Å². The number of benzene rings is 1. The maximum absolute atomic E-state index is 14.4. The average Bonchev–Trinajstić information content (AvgIpc) is 4.00. The van der Waals surface area contributed by atoms with Gasteiger partial charge in [0.25, 0.3) is 5.91 Å². The van der Waals surface area contributed by atoms with Gasteiger partial charge in [0, 0.05) is 23.9 Å². The molecule has 1 saturated heterocycles. The van der Waals surface area contributed by atoms with Gasteiger partial charge in [0.05, 0.1) is 18.4 Å². The molecular formula is C36H49N5O8S. The molecule has 0 unspecified atom stereocenters. The Morgan fingerprint density at radius 1 is 1.12 bits per heavy atom. The smallest absolute Gasteiger partial charge is 0.407 e. The minimum atomic E-state index is -3.88. The van der Waals surface area contributed by atoms with E-state index in [1.807, 2.05) is 30.3 Å². The summed E-state index contributed by atoms with van der Waals surface area (Å²) in [7, 11) is -3.88. The van der Waals surface area contributed by atoms with E-state index in [0.717, 1.165) is 30.0 Å². The van der Waals surface area contributed by atoms with Gasteiger partial charge in [-0.2, -0.15) is 0 Å². The molecule has 13 nitrogen and oxygen atoms in total. The fourth-order valence-electron chi connectivity index (χ4n) is 6.41. The Kier molecular flexibility index (Phi) is 11.1. The SMILES string of the molecule is C=C[C@H]1C[C@@]1(NC(=O)[C@H]1C[C@@H](Oc2nccc3ccccc23)CN1C(=O)[C@@H](NC(=O)OCCCCCC)C(C)(C)C)C(=O)NS(=O)(=O)C1CC1. The van der Waals surface area contributed by atoms with Gasteiger partial charge in [0.2, 0.25) is 27.7 Å². The molecule has 0 bridgehead atoms. The first-order chi connectivity index (χ1) is 23.7. The third-order valence-electron chi connectivity index (χ3n) is 9.62. The van der Waals surface area contributed by atoms with Crippen LogP contribution in [0.5, 0.6) is 5.88 Å². The Bertz CT molecular complexity index is 1720. The fraction of sp³-hybridized carbons (Fsp3) is 0.583. The number of hydrogen-bond donors (Lipinski definition) is 3. The van der Waals surface area contributed by atoms with Gasteiger partial charge in [-0.25, -0.2) is 18.2 Å². The van der Waals surface area contributed by atoms with Crippen LogP contribution >= 0.6 is 0 Å². The lowest BCUT2D eigenvalue weighted by Gasteiger charge is -2.35. The molecule has 14 heteroatoms. The van der Waals surface area contributed by atoms with Crippen molar-refractivity contribution in [3.05, 3.63) is 49.2 Å². The Morgan fingerprint density at radius 2 is 1.86 bits per heavy atom. The number of nitrogens with zero attached hydrogens (tertiary/aromatic N) is 2. The van der Waals surface area contributed by atoms with E-state index in [1.165, 1.54) is 11.0 Å². The molecule has 2 saturated carbocycles. The quantitative estimate of drug-likeness (QED) is 0.183. The molecule has 272 valence electrons. The maximum Gasteiger partial charge on any atom is 0.407 e. The molecule has 3 N–H and O–H groups in total. The summed E-state index contributed by atoms with van der Waals surface area (Å²) in [6.07, 6.45) is 6.55. The number of aromatic nitrogens is 1. The van der Waals surface area contributed by atoms with Gasteiger partial charge in [0.1, 0.15) is 23.7 Å². The predicted molar refractivity (Wildman–Crippen MR) is 187 cm³/mol. The molecule has 1 aromatic carbocycles. The topological polar surface area (TPSA) is 173 Å². The van der Waals surface area contributed by atoms with Crippen molar-refractivity contribution in [2.75, 3.05) is 13.2 Å². The Balaban J connectivity index is 1.39. The van der Waals surface area contributed by atoms with E-state index in [4.69, 9.17) is 9.47 Å². The van der Waals surface area contributed by atoms with Crippen molar-refractivity contribution >= 4 is 44.6 Å². The molecule has 2 aromatic rings. The number of rotatable bonds is 15. The summed E-state index contributed by atoms with van der Waals surface area (Å²) in [6.45, 7) is 11.5. The minimum absolute atomic E-state index is 0.0116. The number of carbonyl (C=O) groups is 4. The van der Waals surface area contributed by atoms with E-state index in [0.29, 0.717) is 25.1 Å². The van der Waals surface area contributed by atoms with Crippen molar-refractivity contribution in [1.29, 1.82) is 0 Å². The Labute approximate surface area is 294 Å². The predicted octanol–water partition coefficient (Wildman–Crippen LogP) is 3.97. The van der Waals surface area contributed by atoms with Crippen LogP contribution in [0.25, 0.3) is 10.8 Å². The van der Waals surface area contributed by atoms with Crippen molar-refractivity contribution in [3.8, 4) is 5.88 Å². The number of ether oxygens (including phenoxy) is 2. The van der Waals surface area contributed by atoms with Crippen LogP contribution in [-0.4, -0.2) is 84.2 Å². The van der Waals surface area contributed by atoms with Gasteiger partial charge in [0.15, 0.2) is 0 Å². The first-order valence-corrected chi connectivity index (χ1v) is 19.0. The van der Waals surface area contributed by atoms with E-state index < -0.39 is 74.1 Å². The van der Waals surface area contributed by atoms with Crippen molar-refractivity contribution in [3.63, 3.8) is 0 Å². The lowest BCUT2D eigenvalue weighted by Crippen LogP contribution is -2.60. The van der Waals surface area contributed by atoms with Crippen LogP contribution in [0.3, 0.4) is 0 Å². The van der Waals surface area contributed by atoms with Crippen molar-refractivity contribution < 1.29 is 37.1 Å². The summed E-state index contributed by atoms with van der Waals surface area (Å²) in [5, 5.41) is 6.55. The van der Waals surface area contributed by atoms with Crippen molar-refractivity contribution in [2.45, 2.75) is 108 Å². The molecular weight excluding hydrogens is 662 g/mol. The highest BCUT2D eigenvalue weighted by Gasteiger charge is 2.62. The first-order valence-electron chi connectivity index (χ1n) is 17.4. The summed E-state index contributed by atoms with van der Waals surface area (Å²) in [5.41, 5.74) is -2.31. The second-order valence-corrected chi connectivity index (χ2v) is 16.6. The lowest BCUT2D eigenvalue weighted by molar-refractivity contribution is -0.142. The lowest BCUT2D eigenvalue weighted by atomic mass is 9.85. The third kappa shape index (κ3) is 8.39. The summed E-state index contributed by atoms with van der Waals surface area (Å²) in [6, 6.07) is 7.22. The van der Waals surface area contributed by atoms with Gasteiger partial charge in [-0.3, -0.25) is 19.1 Å². The summed E-state index contributed by atoms with van der Waals surface area (Å²) in [4.78, 5) is 60.7. The van der Waals surface area contributed by atoms with E-state index in [2.05, 4.69) is 33.8 Å². The molecule has 50 heavy (non-hydrogen) atoms. The summed E-state index contributed by atoms with van der Waals surface area (Å²) < 4.78 is 39.2. The molecule has 4 amide bonds. The number of nitrogens with one attached hydrogen (secondary N) is 3. The van der Waals surface area contributed by atoms with Crippen LogP contribution in [0.15, 0.2) is 49.2 Å². The number of likely N-dealkylation sites (tertiary alicyclic amines) is 1. The molecule has 1 aliphatic heterocycles. The van der Waals surface area contributed by atoms with Crippen LogP contribution in [0.1, 0.15) is 79.1 Å². The molecule has 3 fully saturated rings. The largest absolute Gasteiger partial charge is 0.472 e. The molecule has 5 rings (SSSR count). The number of unbranched alkanes of at least 4 members (excludes halogenated alkanes) is 3. The number of fused-ring (bicyclic) bond motifs is 1. The number of amides is 4. The highest BCUT2D eigenvalue weighted by atomic mass is 32.2. The first kappa shape index (κ1) is 37.1. The summed E-state index contributed by atoms with van der Waals surface area (Å²) in [5.74, 6) is -2.17. The van der Waals surface area contributed by atoms with E-state index in [1.54, 1.807) is 27.0 Å². The molecule has 5 atom stereocenters. The van der Waals surface area contributed by atoms with Crippen molar-refractivity contribution in [2.24, 2.45) is 11.3 Å². The zero-order chi connectivity index (χ0) is 36.3. The molecule has 1 aromatic heterocycles. The molecule has 0 radical (unpaired) electrons. The maximum atomic E-state index is 14.4. The number of sulfonamides is 1. The standard InChI is InChI=1S/C36H49N5O8S/c1-6-8-9-12-19-48-34(45)38-29(35(3,4)5)32(43)41-22-25(49-31-27-14-11-10-13-23(27)17-18-37-31)20-28(41)30(42)39-36(21-24(36)7-2)33(44)40-50(46,47)26-15-16-26/h7,10-11,13-14,17-18,24-26,28-29H,2,6,8-9,12,15-16,19-22H2,1,3-5H3,(H,38,45)(H,39,42)(H,40,44)/t24-,25+,28+,29+,36-/m0/s1. The number of hydrogen-bond acceptors (Lipinski definition) is 9. The van der Waals surface area contributed by atoms with Crippen LogP contribution in [0.2, 0.25) is 0 Å². The molecule has 2 aliphatic carbocycles. The zero-order valence-corrected chi connectivity index (χ0v) is 30.1. The average molecular weight is 712 g/mol. The number of pyridine rings is 1. The summed E-state index contributed by atoms with van der Waals surface area (Å²) >= 11 is 0. The van der Waals surface area contributed by atoms with Crippen LogP contribution < -0.4 is 20.1 Å². The van der Waals surface area contributed by atoms with Gasteiger partial charge in [-0.1, -0.05) is 71.2 Å². The Hall–Kier alpha value is -4.20. The number of carbonyl (C=O) groups excluding carboxylic acids is 4. The van der Waals surface area contributed by atoms with E-state index in [-0.39, 0.29) is 26.0 Å². The van der Waals surface area contributed by atoms with Crippen LogP contribution in [0, 0.1) is 11.3 Å². The molecule has 2 heterocycles.